The van der Waals surface area contributed by atoms with E-state index in [1.165, 1.54) is 12.8 Å². The van der Waals surface area contributed by atoms with Crippen LogP contribution in [0, 0.1) is 0 Å². The van der Waals surface area contributed by atoms with Gasteiger partial charge >= 0.3 is 0 Å². The second-order valence-corrected chi connectivity index (χ2v) is 5.71. The third kappa shape index (κ3) is 2.52. The Morgan fingerprint density at radius 1 is 1.28 bits per heavy atom. The first-order valence-electron chi connectivity index (χ1n) is 6.84. The Bertz CT molecular complexity index is 413. The van der Waals surface area contributed by atoms with Gasteiger partial charge in [-0.3, -0.25) is 0 Å². The summed E-state index contributed by atoms with van der Waals surface area (Å²) in [5.74, 6) is 0.925. The largest absolute Gasteiger partial charge is 0.490 e. The van der Waals surface area contributed by atoms with E-state index in [9.17, 15) is 5.11 Å². The Morgan fingerprint density at radius 3 is 2.61 bits per heavy atom. The Labute approximate surface area is 108 Å². The van der Waals surface area contributed by atoms with E-state index in [4.69, 9.17) is 4.74 Å². The number of β-amino-alcohol motifs (C(OH)–C–C–N with tert-alkyl or cyclic N) is 1. The van der Waals surface area contributed by atoms with Gasteiger partial charge < -0.3 is 14.7 Å². The average Bonchev–Trinajstić information content (AvgIpc) is 3.13. The standard InChI is InChI=1S/C15H21NO2/c1-16-10-2-9-15(17,11-16)12-3-5-13(6-4-12)18-14-7-8-14/h3-6,14,17H,2,7-11H2,1H3. The van der Waals surface area contributed by atoms with Crippen LogP contribution in [0.4, 0.5) is 0 Å². The molecule has 0 radical (unpaired) electrons. The van der Waals surface area contributed by atoms with Crippen LogP contribution in [0.3, 0.4) is 0 Å². The molecule has 1 heterocycles. The third-order valence-electron chi connectivity index (χ3n) is 3.88. The molecule has 1 saturated heterocycles. The Hall–Kier alpha value is -1.06. The maximum atomic E-state index is 10.7. The lowest BCUT2D eigenvalue weighted by molar-refractivity contribution is -0.0278. The zero-order valence-electron chi connectivity index (χ0n) is 10.9. The highest BCUT2D eigenvalue weighted by atomic mass is 16.5. The molecule has 1 aliphatic carbocycles. The van der Waals surface area contributed by atoms with E-state index in [2.05, 4.69) is 11.9 Å². The van der Waals surface area contributed by atoms with Gasteiger partial charge in [-0.15, -0.1) is 0 Å². The smallest absolute Gasteiger partial charge is 0.119 e. The summed E-state index contributed by atoms with van der Waals surface area (Å²) in [5, 5.41) is 10.7. The van der Waals surface area contributed by atoms with Crippen LogP contribution in [0.2, 0.25) is 0 Å². The molecule has 0 spiro atoms. The molecular weight excluding hydrogens is 226 g/mol. The predicted octanol–water partition coefficient (Wildman–Crippen LogP) is 2.14. The number of hydrogen-bond donors (Lipinski definition) is 1. The molecule has 98 valence electrons. The van der Waals surface area contributed by atoms with Crippen LogP contribution in [-0.4, -0.2) is 36.2 Å². The highest BCUT2D eigenvalue weighted by Crippen LogP contribution is 2.33. The number of nitrogens with zero attached hydrogens (tertiary/aromatic N) is 1. The molecule has 0 aromatic heterocycles. The van der Waals surface area contributed by atoms with E-state index < -0.39 is 5.60 Å². The van der Waals surface area contributed by atoms with Crippen molar-refractivity contribution < 1.29 is 9.84 Å². The first kappa shape index (κ1) is 12.0. The van der Waals surface area contributed by atoms with Crippen molar-refractivity contribution in [1.82, 2.24) is 4.90 Å². The summed E-state index contributed by atoms with van der Waals surface area (Å²) in [6.07, 6.45) is 4.68. The Kier molecular flexibility index (Phi) is 3.04. The molecule has 0 bridgehead atoms. The van der Waals surface area contributed by atoms with Crippen LogP contribution in [0.25, 0.3) is 0 Å². The van der Waals surface area contributed by atoms with E-state index >= 15 is 0 Å². The summed E-state index contributed by atoms with van der Waals surface area (Å²) < 4.78 is 5.73. The molecule has 1 unspecified atom stereocenters. The molecular formula is C15H21NO2. The highest BCUT2D eigenvalue weighted by molar-refractivity contribution is 5.32. The molecule has 0 amide bonds. The summed E-state index contributed by atoms with van der Waals surface area (Å²) in [7, 11) is 2.06. The second kappa shape index (κ2) is 4.56. The fourth-order valence-electron chi connectivity index (χ4n) is 2.70. The highest BCUT2D eigenvalue weighted by Gasteiger charge is 2.33. The van der Waals surface area contributed by atoms with E-state index in [0.717, 1.165) is 37.2 Å². The summed E-state index contributed by atoms with van der Waals surface area (Å²) in [6.45, 7) is 1.79. The van der Waals surface area contributed by atoms with Crippen LogP contribution >= 0.6 is 0 Å². The summed E-state index contributed by atoms with van der Waals surface area (Å²) in [5.41, 5.74) is 0.322. The van der Waals surface area contributed by atoms with Gasteiger partial charge in [-0.05, 0) is 57.0 Å². The molecule has 1 aliphatic heterocycles. The van der Waals surface area contributed by atoms with Crippen molar-refractivity contribution in [2.45, 2.75) is 37.4 Å². The van der Waals surface area contributed by atoms with Crippen molar-refractivity contribution in [1.29, 1.82) is 0 Å². The topological polar surface area (TPSA) is 32.7 Å². The maximum absolute atomic E-state index is 10.7. The Morgan fingerprint density at radius 2 is 2.00 bits per heavy atom. The zero-order chi connectivity index (χ0) is 12.6. The first-order chi connectivity index (χ1) is 8.66. The maximum Gasteiger partial charge on any atom is 0.119 e. The second-order valence-electron chi connectivity index (χ2n) is 5.71. The minimum absolute atomic E-state index is 0.430. The van der Waals surface area contributed by atoms with Crippen molar-refractivity contribution in [2.75, 3.05) is 20.1 Å². The number of piperidine rings is 1. The summed E-state index contributed by atoms with van der Waals surface area (Å²) in [6, 6.07) is 7.99. The fraction of sp³-hybridized carbons (Fsp3) is 0.600. The zero-order valence-corrected chi connectivity index (χ0v) is 10.9. The Balaban J connectivity index is 1.74. The number of ether oxygens (including phenoxy) is 1. The minimum atomic E-state index is -0.689. The van der Waals surface area contributed by atoms with Gasteiger partial charge in [-0.1, -0.05) is 12.1 Å². The number of aliphatic hydroxyl groups is 1. The molecule has 1 atom stereocenters. The van der Waals surface area contributed by atoms with E-state index in [0.29, 0.717) is 6.10 Å². The van der Waals surface area contributed by atoms with Gasteiger partial charge in [0, 0.05) is 6.54 Å². The number of rotatable bonds is 3. The van der Waals surface area contributed by atoms with Gasteiger partial charge in [-0.2, -0.15) is 0 Å². The number of likely N-dealkylation sites (N-methyl/N-ethyl adjacent to an activating group) is 1. The lowest BCUT2D eigenvalue weighted by Gasteiger charge is -2.37. The van der Waals surface area contributed by atoms with Gasteiger partial charge in [0.1, 0.15) is 11.4 Å². The molecule has 18 heavy (non-hydrogen) atoms. The lowest BCUT2D eigenvalue weighted by atomic mass is 9.86. The van der Waals surface area contributed by atoms with Crippen LogP contribution in [0.15, 0.2) is 24.3 Å². The van der Waals surface area contributed by atoms with Crippen molar-refractivity contribution in [3.63, 3.8) is 0 Å². The average molecular weight is 247 g/mol. The van der Waals surface area contributed by atoms with Crippen LogP contribution in [0.1, 0.15) is 31.2 Å². The summed E-state index contributed by atoms with van der Waals surface area (Å²) in [4.78, 5) is 2.19. The van der Waals surface area contributed by atoms with Gasteiger partial charge in [0.2, 0.25) is 0 Å². The molecule has 3 nitrogen and oxygen atoms in total. The molecule has 3 heteroatoms. The number of hydrogen-bond acceptors (Lipinski definition) is 3. The fourth-order valence-corrected chi connectivity index (χ4v) is 2.70. The molecule has 1 aromatic carbocycles. The first-order valence-corrected chi connectivity index (χ1v) is 6.84. The SMILES string of the molecule is CN1CCCC(O)(c2ccc(OC3CC3)cc2)C1. The van der Waals surface area contributed by atoms with Crippen molar-refractivity contribution in [3.8, 4) is 5.75 Å². The summed E-state index contributed by atoms with van der Waals surface area (Å²) >= 11 is 0. The quantitative estimate of drug-likeness (QED) is 0.888. The van der Waals surface area contributed by atoms with E-state index in [1.807, 2.05) is 24.3 Å². The predicted molar refractivity (Wildman–Crippen MR) is 70.7 cm³/mol. The van der Waals surface area contributed by atoms with Crippen LogP contribution in [-0.2, 0) is 5.60 Å². The molecule has 2 fully saturated rings. The number of benzene rings is 1. The normalized spacial score (nSPS) is 29.2. The van der Waals surface area contributed by atoms with E-state index in [1.54, 1.807) is 0 Å². The van der Waals surface area contributed by atoms with Gasteiger partial charge in [0.05, 0.1) is 6.10 Å². The van der Waals surface area contributed by atoms with Gasteiger partial charge in [0.15, 0.2) is 0 Å². The molecule has 1 saturated carbocycles. The molecule has 2 aliphatic rings. The van der Waals surface area contributed by atoms with Crippen molar-refractivity contribution in [2.24, 2.45) is 0 Å². The number of likely N-dealkylation sites (tertiary alicyclic amines) is 1. The lowest BCUT2D eigenvalue weighted by Crippen LogP contribution is -2.44. The third-order valence-corrected chi connectivity index (χ3v) is 3.88. The van der Waals surface area contributed by atoms with Gasteiger partial charge in [-0.25, -0.2) is 0 Å². The van der Waals surface area contributed by atoms with Crippen molar-refractivity contribution >= 4 is 0 Å². The molecule has 3 rings (SSSR count). The van der Waals surface area contributed by atoms with Crippen LogP contribution in [0.5, 0.6) is 5.75 Å². The van der Waals surface area contributed by atoms with Crippen molar-refractivity contribution in [3.05, 3.63) is 29.8 Å². The van der Waals surface area contributed by atoms with E-state index in [-0.39, 0.29) is 0 Å². The minimum Gasteiger partial charge on any atom is -0.490 e. The van der Waals surface area contributed by atoms with Gasteiger partial charge in [0.25, 0.3) is 0 Å². The molecule has 1 aromatic rings. The monoisotopic (exact) mass is 247 g/mol. The van der Waals surface area contributed by atoms with Crippen LogP contribution < -0.4 is 4.74 Å². The molecule has 1 N–H and O–H groups in total.